The minimum absolute atomic E-state index is 0.266. The lowest BCUT2D eigenvalue weighted by Crippen LogP contribution is -2.39. The third-order valence-corrected chi connectivity index (χ3v) is 1.88. The van der Waals surface area contributed by atoms with Gasteiger partial charge in [0.2, 0.25) is 5.78 Å². The Kier molecular flexibility index (Phi) is 5.44. The van der Waals surface area contributed by atoms with Crippen molar-refractivity contribution in [3.8, 4) is 0 Å². The SMILES string of the molecule is C=C(N)NCCN(C)C(=O)C(=O)C(C)C. The second-order valence-electron chi connectivity index (χ2n) is 3.70. The Hall–Kier alpha value is -1.52. The minimum Gasteiger partial charge on any atom is -0.386 e. The fourth-order valence-electron chi connectivity index (χ4n) is 0.921. The molecule has 0 atom stereocenters. The third-order valence-electron chi connectivity index (χ3n) is 1.88. The predicted octanol–water partition coefficient (Wildman–Crippen LogP) is -0.311. The average molecular weight is 213 g/mol. The van der Waals surface area contributed by atoms with Gasteiger partial charge in [0.1, 0.15) is 0 Å². The summed E-state index contributed by atoms with van der Waals surface area (Å²) in [6.07, 6.45) is 0. The van der Waals surface area contributed by atoms with Gasteiger partial charge >= 0.3 is 0 Å². The minimum atomic E-state index is -0.463. The van der Waals surface area contributed by atoms with E-state index in [1.54, 1.807) is 20.9 Å². The monoisotopic (exact) mass is 213 g/mol. The average Bonchev–Trinajstić information content (AvgIpc) is 2.14. The molecule has 0 bridgehead atoms. The summed E-state index contributed by atoms with van der Waals surface area (Å²) in [5, 5.41) is 2.78. The van der Waals surface area contributed by atoms with Crippen molar-refractivity contribution in [3.05, 3.63) is 12.4 Å². The highest BCUT2D eigenvalue weighted by Crippen LogP contribution is 1.97. The number of amides is 1. The van der Waals surface area contributed by atoms with Crippen molar-refractivity contribution >= 4 is 11.7 Å². The number of ketones is 1. The summed E-state index contributed by atoms with van der Waals surface area (Å²) in [6, 6.07) is 0. The number of rotatable bonds is 6. The molecule has 5 nitrogen and oxygen atoms in total. The third kappa shape index (κ3) is 5.05. The summed E-state index contributed by atoms with van der Waals surface area (Å²) >= 11 is 0. The zero-order chi connectivity index (χ0) is 12.0. The fourth-order valence-corrected chi connectivity index (χ4v) is 0.921. The van der Waals surface area contributed by atoms with E-state index in [2.05, 4.69) is 11.9 Å². The van der Waals surface area contributed by atoms with Crippen molar-refractivity contribution in [3.63, 3.8) is 0 Å². The number of hydrogen-bond acceptors (Lipinski definition) is 4. The van der Waals surface area contributed by atoms with Crippen LogP contribution in [0.25, 0.3) is 0 Å². The van der Waals surface area contributed by atoms with E-state index in [9.17, 15) is 9.59 Å². The lowest BCUT2D eigenvalue weighted by Gasteiger charge is -2.17. The molecule has 0 aliphatic rings. The molecule has 0 fully saturated rings. The number of nitrogens with two attached hydrogens (primary N) is 1. The first-order chi connectivity index (χ1) is 6.86. The normalized spacial score (nSPS) is 9.87. The van der Waals surface area contributed by atoms with E-state index in [1.807, 2.05) is 0 Å². The summed E-state index contributed by atoms with van der Waals surface area (Å²) < 4.78 is 0. The van der Waals surface area contributed by atoms with Crippen LogP contribution in [0.1, 0.15) is 13.8 Å². The first-order valence-electron chi connectivity index (χ1n) is 4.83. The van der Waals surface area contributed by atoms with Crippen LogP contribution in [-0.4, -0.2) is 36.7 Å². The van der Waals surface area contributed by atoms with Crippen LogP contribution in [-0.2, 0) is 9.59 Å². The van der Waals surface area contributed by atoms with Crippen LogP contribution in [0.2, 0.25) is 0 Å². The van der Waals surface area contributed by atoms with E-state index in [0.29, 0.717) is 18.9 Å². The van der Waals surface area contributed by atoms with Gasteiger partial charge < -0.3 is 16.0 Å². The summed E-state index contributed by atoms with van der Waals surface area (Å²) in [4.78, 5) is 24.2. The molecule has 0 unspecified atom stereocenters. The smallest absolute Gasteiger partial charge is 0.290 e. The van der Waals surface area contributed by atoms with Crippen molar-refractivity contribution in [1.29, 1.82) is 0 Å². The van der Waals surface area contributed by atoms with Crippen molar-refractivity contribution in [2.45, 2.75) is 13.8 Å². The van der Waals surface area contributed by atoms with Crippen LogP contribution in [0.5, 0.6) is 0 Å². The van der Waals surface area contributed by atoms with Crippen LogP contribution in [0.4, 0.5) is 0 Å². The van der Waals surface area contributed by atoms with E-state index < -0.39 is 5.91 Å². The molecule has 0 saturated carbocycles. The van der Waals surface area contributed by atoms with Gasteiger partial charge in [-0.05, 0) is 0 Å². The Morgan fingerprint density at radius 3 is 2.40 bits per heavy atom. The second-order valence-corrected chi connectivity index (χ2v) is 3.70. The lowest BCUT2D eigenvalue weighted by atomic mass is 10.1. The molecule has 0 aliphatic carbocycles. The van der Waals surface area contributed by atoms with Crippen LogP contribution in [0.3, 0.4) is 0 Å². The van der Waals surface area contributed by atoms with Gasteiger partial charge in [-0.25, -0.2) is 0 Å². The number of carbonyl (C=O) groups excluding carboxylic acids is 2. The molecule has 86 valence electrons. The predicted molar refractivity (Wildman–Crippen MR) is 58.8 cm³/mol. The first kappa shape index (κ1) is 13.5. The zero-order valence-electron chi connectivity index (χ0n) is 9.54. The molecule has 0 aromatic heterocycles. The molecule has 0 rings (SSSR count). The number of likely N-dealkylation sites (N-methyl/N-ethyl adjacent to an activating group) is 1. The molecule has 1 amide bonds. The summed E-state index contributed by atoms with van der Waals surface area (Å²) in [6.45, 7) is 7.77. The Bertz CT molecular complexity index is 261. The van der Waals surface area contributed by atoms with Crippen molar-refractivity contribution < 1.29 is 9.59 Å². The molecule has 0 spiro atoms. The van der Waals surface area contributed by atoms with Gasteiger partial charge in [0.05, 0.1) is 5.82 Å². The first-order valence-corrected chi connectivity index (χ1v) is 4.83. The maximum absolute atomic E-state index is 11.5. The molecule has 0 radical (unpaired) electrons. The number of hydrogen-bond donors (Lipinski definition) is 2. The molecule has 0 aromatic carbocycles. The molecule has 5 heteroatoms. The van der Waals surface area contributed by atoms with E-state index in [1.165, 1.54) is 4.90 Å². The molecule has 3 N–H and O–H groups in total. The number of carbonyl (C=O) groups is 2. The van der Waals surface area contributed by atoms with Crippen molar-refractivity contribution in [2.75, 3.05) is 20.1 Å². The van der Waals surface area contributed by atoms with Crippen LogP contribution < -0.4 is 11.1 Å². The Labute approximate surface area is 90.3 Å². The Morgan fingerprint density at radius 2 is 2.00 bits per heavy atom. The Balaban J connectivity index is 3.99. The molecular weight excluding hydrogens is 194 g/mol. The number of nitrogens with zero attached hydrogens (tertiary/aromatic N) is 1. The summed E-state index contributed by atoms with van der Waals surface area (Å²) in [7, 11) is 1.59. The highest BCUT2D eigenvalue weighted by molar-refractivity contribution is 6.36. The molecule has 0 heterocycles. The van der Waals surface area contributed by atoms with Gasteiger partial charge in [-0.15, -0.1) is 0 Å². The van der Waals surface area contributed by atoms with Gasteiger partial charge in [-0.1, -0.05) is 20.4 Å². The van der Waals surface area contributed by atoms with Gasteiger partial charge in [-0.2, -0.15) is 0 Å². The van der Waals surface area contributed by atoms with Gasteiger partial charge in [0.25, 0.3) is 5.91 Å². The highest BCUT2D eigenvalue weighted by Gasteiger charge is 2.20. The van der Waals surface area contributed by atoms with Crippen molar-refractivity contribution in [1.82, 2.24) is 10.2 Å². The lowest BCUT2D eigenvalue weighted by molar-refractivity contribution is -0.145. The maximum atomic E-state index is 11.5. The van der Waals surface area contributed by atoms with Crippen LogP contribution in [0, 0.1) is 5.92 Å². The van der Waals surface area contributed by atoms with E-state index in [4.69, 9.17) is 5.73 Å². The van der Waals surface area contributed by atoms with Gasteiger partial charge in [0, 0.05) is 26.1 Å². The molecular formula is C10H19N3O2. The summed E-state index contributed by atoms with van der Waals surface area (Å²) in [5.74, 6) is -0.748. The van der Waals surface area contributed by atoms with E-state index in [-0.39, 0.29) is 11.7 Å². The number of nitrogens with one attached hydrogen (secondary N) is 1. The molecule has 15 heavy (non-hydrogen) atoms. The van der Waals surface area contributed by atoms with Gasteiger partial charge in [-0.3, -0.25) is 9.59 Å². The molecule has 0 aromatic rings. The van der Waals surface area contributed by atoms with Crippen LogP contribution in [0.15, 0.2) is 12.4 Å². The van der Waals surface area contributed by atoms with E-state index >= 15 is 0 Å². The maximum Gasteiger partial charge on any atom is 0.290 e. The number of Topliss-reactive ketones (excluding diaryl/α,β-unsaturated/α-hetero) is 1. The second kappa shape index (κ2) is 6.06. The van der Waals surface area contributed by atoms with Crippen molar-refractivity contribution in [2.24, 2.45) is 11.7 Å². The van der Waals surface area contributed by atoms with Crippen LogP contribution >= 0.6 is 0 Å². The van der Waals surface area contributed by atoms with Gasteiger partial charge in [0.15, 0.2) is 0 Å². The summed E-state index contributed by atoms with van der Waals surface area (Å²) in [5.41, 5.74) is 5.29. The standard InChI is InChI=1S/C10H19N3O2/c1-7(2)9(14)10(15)13(4)6-5-12-8(3)11/h7,12H,3,5-6,11H2,1-2,4H3. The Morgan fingerprint density at radius 1 is 1.47 bits per heavy atom. The molecule has 0 aliphatic heterocycles. The zero-order valence-corrected chi connectivity index (χ0v) is 9.54. The fraction of sp³-hybridized carbons (Fsp3) is 0.600. The van der Waals surface area contributed by atoms with E-state index in [0.717, 1.165) is 0 Å². The quantitative estimate of drug-likeness (QED) is 0.593. The largest absolute Gasteiger partial charge is 0.386 e. The highest BCUT2D eigenvalue weighted by atomic mass is 16.2. The topological polar surface area (TPSA) is 75.4 Å². The molecule has 0 saturated heterocycles.